The molecule has 1 atom stereocenters. The van der Waals surface area contributed by atoms with E-state index in [-0.39, 0.29) is 30.0 Å². The van der Waals surface area contributed by atoms with Crippen LogP contribution in [-0.2, 0) is 17.9 Å². The van der Waals surface area contributed by atoms with E-state index >= 15 is 0 Å². The number of hydrogen-bond acceptors (Lipinski definition) is 5. The fraction of sp³-hybridized carbons (Fsp3) is 0.333. The molecule has 0 radical (unpaired) electrons. The molecule has 36 heavy (non-hydrogen) atoms. The van der Waals surface area contributed by atoms with Gasteiger partial charge in [-0.1, -0.05) is 48.5 Å². The molecule has 9 nitrogen and oxygen atoms in total. The highest BCUT2D eigenvalue weighted by atomic mass is 16.2. The van der Waals surface area contributed by atoms with Crippen molar-refractivity contribution in [1.29, 1.82) is 0 Å². The normalized spacial score (nSPS) is 19.7. The van der Waals surface area contributed by atoms with Crippen molar-refractivity contribution in [3.05, 3.63) is 83.7 Å². The van der Waals surface area contributed by atoms with Crippen molar-refractivity contribution in [3.8, 4) is 0 Å². The van der Waals surface area contributed by atoms with Crippen LogP contribution in [0, 0.1) is 0 Å². The number of rotatable bonds is 5. The molecule has 3 heterocycles. The lowest BCUT2D eigenvalue weighted by atomic mass is 9.96. The number of fused-ring (bicyclic) bond motifs is 1. The van der Waals surface area contributed by atoms with Crippen molar-refractivity contribution >= 4 is 23.4 Å². The van der Waals surface area contributed by atoms with E-state index in [0.29, 0.717) is 25.3 Å². The van der Waals surface area contributed by atoms with E-state index in [1.54, 1.807) is 24.9 Å². The van der Waals surface area contributed by atoms with Crippen LogP contribution in [0.15, 0.2) is 66.7 Å². The van der Waals surface area contributed by atoms with Crippen LogP contribution in [0.5, 0.6) is 0 Å². The number of carbonyl (C=O) groups excluding carboxylic acids is 3. The molecule has 3 aromatic rings. The van der Waals surface area contributed by atoms with E-state index in [1.807, 2.05) is 48.5 Å². The topological polar surface area (TPSA) is 90.8 Å². The fourth-order valence-corrected chi connectivity index (χ4v) is 4.77. The summed E-state index contributed by atoms with van der Waals surface area (Å²) in [5, 5.41) is 7.40. The zero-order valence-corrected chi connectivity index (χ0v) is 20.6. The standard InChI is InChI=1S/C27H30N6O3/c1-27(26(36)28-18-20-9-5-3-6-10-20)19-33-23(25(35)30(27)2)17-22(29-33)24(34)32-15-13-31(14-16-32)21-11-7-4-8-12-21/h3-12,17H,13-16,18-19H2,1-2H3,(H,28,36)/t27-/m0/s1. The minimum Gasteiger partial charge on any atom is -0.368 e. The van der Waals surface area contributed by atoms with E-state index < -0.39 is 5.54 Å². The highest BCUT2D eigenvalue weighted by Gasteiger charge is 2.46. The van der Waals surface area contributed by atoms with Gasteiger partial charge in [-0.15, -0.1) is 0 Å². The third-order valence-corrected chi connectivity index (χ3v) is 7.19. The zero-order valence-electron chi connectivity index (χ0n) is 20.6. The largest absolute Gasteiger partial charge is 0.368 e. The van der Waals surface area contributed by atoms with Crippen LogP contribution in [0.2, 0.25) is 0 Å². The molecule has 1 fully saturated rings. The summed E-state index contributed by atoms with van der Waals surface area (Å²) in [6, 6.07) is 21.3. The molecule has 2 aromatic carbocycles. The molecular weight excluding hydrogens is 456 g/mol. The van der Waals surface area contributed by atoms with Gasteiger partial charge in [-0.3, -0.25) is 19.1 Å². The average molecular weight is 487 g/mol. The fourth-order valence-electron chi connectivity index (χ4n) is 4.77. The molecule has 0 unspecified atom stereocenters. The Labute approximate surface area is 210 Å². The summed E-state index contributed by atoms with van der Waals surface area (Å²) in [7, 11) is 1.62. The lowest BCUT2D eigenvalue weighted by Crippen LogP contribution is -2.62. The summed E-state index contributed by atoms with van der Waals surface area (Å²) < 4.78 is 1.50. The van der Waals surface area contributed by atoms with Crippen LogP contribution >= 0.6 is 0 Å². The number of amides is 3. The number of para-hydroxylation sites is 1. The second-order valence-corrected chi connectivity index (χ2v) is 9.49. The number of nitrogens with one attached hydrogen (secondary N) is 1. The predicted octanol–water partition coefficient (Wildman–Crippen LogP) is 2.01. The Morgan fingerprint density at radius 2 is 1.61 bits per heavy atom. The Kier molecular flexibility index (Phi) is 6.22. The second kappa shape index (κ2) is 9.49. The quantitative estimate of drug-likeness (QED) is 0.596. The lowest BCUT2D eigenvalue weighted by molar-refractivity contribution is -0.132. The van der Waals surface area contributed by atoms with Gasteiger partial charge in [-0.05, 0) is 24.6 Å². The molecule has 0 aliphatic carbocycles. The first-order chi connectivity index (χ1) is 17.4. The number of likely N-dealkylation sites (N-methyl/N-ethyl adjacent to an activating group) is 1. The number of carbonyl (C=O) groups is 3. The van der Waals surface area contributed by atoms with Crippen molar-refractivity contribution in [2.75, 3.05) is 38.1 Å². The molecule has 1 aromatic heterocycles. The second-order valence-electron chi connectivity index (χ2n) is 9.49. The van der Waals surface area contributed by atoms with Crippen molar-refractivity contribution in [2.45, 2.75) is 25.6 Å². The molecule has 5 rings (SSSR count). The molecule has 2 aliphatic heterocycles. The molecule has 1 saturated heterocycles. The van der Waals surface area contributed by atoms with E-state index in [9.17, 15) is 14.4 Å². The highest BCUT2D eigenvalue weighted by Crippen LogP contribution is 2.27. The lowest BCUT2D eigenvalue weighted by Gasteiger charge is -2.40. The van der Waals surface area contributed by atoms with Crippen LogP contribution in [0.1, 0.15) is 33.5 Å². The van der Waals surface area contributed by atoms with Crippen LogP contribution in [0.25, 0.3) is 0 Å². The molecule has 1 N–H and O–H groups in total. The maximum absolute atomic E-state index is 13.2. The van der Waals surface area contributed by atoms with Gasteiger partial charge in [0.25, 0.3) is 11.8 Å². The maximum Gasteiger partial charge on any atom is 0.274 e. The summed E-state index contributed by atoms with van der Waals surface area (Å²) in [6.07, 6.45) is 0. The Morgan fingerprint density at radius 1 is 0.972 bits per heavy atom. The number of anilines is 1. The van der Waals surface area contributed by atoms with Gasteiger partial charge in [-0.25, -0.2) is 0 Å². The van der Waals surface area contributed by atoms with Crippen molar-refractivity contribution in [2.24, 2.45) is 0 Å². The zero-order chi connectivity index (χ0) is 25.3. The summed E-state index contributed by atoms with van der Waals surface area (Å²) in [4.78, 5) is 45.0. The number of piperazine rings is 1. The monoisotopic (exact) mass is 486 g/mol. The Morgan fingerprint density at radius 3 is 2.28 bits per heavy atom. The third kappa shape index (κ3) is 4.32. The van der Waals surface area contributed by atoms with Crippen LogP contribution in [0.3, 0.4) is 0 Å². The Balaban J connectivity index is 1.27. The Hall–Kier alpha value is -4.14. The van der Waals surface area contributed by atoms with Gasteiger partial charge in [0.05, 0.1) is 6.54 Å². The van der Waals surface area contributed by atoms with Crippen molar-refractivity contribution < 1.29 is 14.4 Å². The predicted molar refractivity (Wildman–Crippen MR) is 136 cm³/mol. The first-order valence-electron chi connectivity index (χ1n) is 12.1. The van der Waals surface area contributed by atoms with Crippen LogP contribution in [-0.4, -0.2) is 76.1 Å². The summed E-state index contributed by atoms with van der Waals surface area (Å²) >= 11 is 0. The smallest absolute Gasteiger partial charge is 0.274 e. The molecule has 186 valence electrons. The number of hydrogen-bond donors (Lipinski definition) is 1. The van der Waals surface area contributed by atoms with Gasteiger partial charge in [-0.2, -0.15) is 5.10 Å². The van der Waals surface area contributed by atoms with E-state index in [2.05, 4.69) is 27.4 Å². The number of aromatic nitrogens is 2. The third-order valence-electron chi connectivity index (χ3n) is 7.19. The molecule has 0 saturated carbocycles. The molecule has 0 spiro atoms. The van der Waals surface area contributed by atoms with Crippen LogP contribution < -0.4 is 10.2 Å². The maximum atomic E-state index is 13.2. The molecule has 9 heteroatoms. The highest BCUT2D eigenvalue weighted by molar-refractivity contribution is 6.01. The van der Waals surface area contributed by atoms with Crippen molar-refractivity contribution in [1.82, 2.24) is 24.9 Å². The number of benzene rings is 2. The van der Waals surface area contributed by atoms with Gasteiger partial charge in [0.2, 0.25) is 5.91 Å². The SMILES string of the molecule is CN1C(=O)c2cc(C(=O)N3CCN(c4ccccc4)CC3)nn2C[C@@]1(C)C(=O)NCc1ccccc1. The van der Waals surface area contributed by atoms with E-state index in [1.165, 1.54) is 9.58 Å². The average Bonchev–Trinajstić information content (AvgIpc) is 3.35. The van der Waals surface area contributed by atoms with Gasteiger partial charge in [0, 0.05) is 51.5 Å². The minimum atomic E-state index is -1.13. The first-order valence-corrected chi connectivity index (χ1v) is 12.1. The molecule has 2 aliphatic rings. The van der Waals surface area contributed by atoms with Gasteiger partial charge in [0.15, 0.2) is 5.69 Å². The van der Waals surface area contributed by atoms with Gasteiger partial charge >= 0.3 is 0 Å². The first kappa shape index (κ1) is 23.6. The Bertz CT molecular complexity index is 1270. The molecule has 0 bridgehead atoms. The summed E-state index contributed by atoms with van der Waals surface area (Å²) in [5.41, 5.74) is 1.53. The summed E-state index contributed by atoms with van der Waals surface area (Å²) in [5.74, 6) is -0.803. The van der Waals surface area contributed by atoms with E-state index in [4.69, 9.17) is 0 Å². The van der Waals surface area contributed by atoms with Gasteiger partial charge < -0.3 is 20.0 Å². The minimum absolute atomic E-state index is 0.167. The van der Waals surface area contributed by atoms with Crippen molar-refractivity contribution in [3.63, 3.8) is 0 Å². The molecular formula is C27H30N6O3. The van der Waals surface area contributed by atoms with E-state index in [0.717, 1.165) is 24.3 Å². The molecule has 3 amide bonds. The summed E-state index contributed by atoms with van der Waals surface area (Å²) in [6.45, 7) is 4.85. The van der Waals surface area contributed by atoms with Gasteiger partial charge in [0.1, 0.15) is 11.2 Å². The van der Waals surface area contributed by atoms with Crippen LogP contribution in [0.4, 0.5) is 5.69 Å². The number of nitrogens with zero attached hydrogens (tertiary/aromatic N) is 5.